The number of amides is 2. The smallest absolute Gasteiger partial charge is 0.248 e. The maximum Gasteiger partial charge on any atom is 0.248 e. The number of primary amides is 1. The zero-order chi connectivity index (χ0) is 19.6. The minimum Gasteiger partial charge on any atom is -0.368 e. The maximum absolute atomic E-state index is 12.5. The molecule has 0 saturated carbocycles. The number of aromatic nitrogens is 2. The monoisotopic (exact) mass is 380 g/mol. The third-order valence-electron chi connectivity index (χ3n) is 5.67. The molecular formula is C21H24N4O3. The van der Waals surface area contributed by atoms with E-state index >= 15 is 0 Å². The second-order valence-corrected chi connectivity index (χ2v) is 7.59. The lowest BCUT2D eigenvalue weighted by atomic mass is 9.77. The molecule has 2 heterocycles. The fourth-order valence-corrected chi connectivity index (χ4v) is 4.34. The summed E-state index contributed by atoms with van der Waals surface area (Å²) in [6, 6.07) is 9.96. The number of ether oxygens (including phenoxy) is 1. The van der Waals surface area contributed by atoms with Crippen molar-refractivity contribution in [2.45, 2.75) is 31.1 Å². The van der Waals surface area contributed by atoms with E-state index in [0.717, 1.165) is 42.8 Å². The predicted octanol–water partition coefficient (Wildman–Crippen LogP) is 1.45. The Morgan fingerprint density at radius 1 is 1.18 bits per heavy atom. The normalized spacial score (nSPS) is 20.9. The molecule has 1 unspecified atom stereocenters. The Kier molecular flexibility index (Phi) is 5.09. The first-order chi connectivity index (χ1) is 13.6. The number of fused-ring (bicyclic) bond motifs is 2. The molecule has 2 amide bonds. The zero-order valence-electron chi connectivity index (χ0n) is 15.8. The van der Waals surface area contributed by atoms with E-state index in [-0.39, 0.29) is 24.5 Å². The summed E-state index contributed by atoms with van der Waals surface area (Å²) in [5, 5.41) is 0. The van der Waals surface area contributed by atoms with Gasteiger partial charge in [-0.3, -0.25) is 9.59 Å². The summed E-state index contributed by atoms with van der Waals surface area (Å²) in [4.78, 5) is 34.7. The zero-order valence-corrected chi connectivity index (χ0v) is 15.8. The summed E-state index contributed by atoms with van der Waals surface area (Å²) in [6.45, 7) is 0.975. The molecule has 0 radical (unpaired) electrons. The van der Waals surface area contributed by atoms with Crippen LogP contribution in [0.5, 0.6) is 0 Å². The highest BCUT2D eigenvalue weighted by atomic mass is 16.5. The van der Waals surface area contributed by atoms with Crippen molar-refractivity contribution in [1.29, 1.82) is 0 Å². The molecule has 0 bridgehead atoms. The van der Waals surface area contributed by atoms with Crippen LogP contribution in [0.2, 0.25) is 0 Å². The maximum atomic E-state index is 12.5. The lowest BCUT2D eigenvalue weighted by Gasteiger charge is -2.40. The Morgan fingerprint density at radius 3 is 2.79 bits per heavy atom. The van der Waals surface area contributed by atoms with Crippen LogP contribution in [0.3, 0.4) is 0 Å². The molecule has 1 fully saturated rings. The van der Waals surface area contributed by atoms with Crippen molar-refractivity contribution in [3.63, 3.8) is 0 Å². The molecule has 1 aromatic carbocycles. The van der Waals surface area contributed by atoms with E-state index in [4.69, 9.17) is 15.5 Å². The van der Waals surface area contributed by atoms with Crippen molar-refractivity contribution in [3.05, 3.63) is 47.8 Å². The van der Waals surface area contributed by atoms with Gasteiger partial charge >= 0.3 is 0 Å². The van der Waals surface area contributed by atoms with Crippen molar-refractivity contribution >= 4 is 11.8 Å². The van der Waals surface area contributed by atoms with Crippen LogP contribution >= 0.6 is 0 Å². The molecule has 1 aliphatic heterocycles. The molecule has 1 aromatic heterocycles. The molecule has 4 rings (SSSR count). The van der Waals surface area contributed by atoms with E-state index in [2.05, 4.69) is 4.98 Å². The van der Waals surface area contributed by atoms with E-state index in [0.29, 0.717) is 13.1 Å². The minimum absolute atomic E-state index is 0.105. The predicted molar refractivity (Wildman–Crippen MR) is 103 cm³/mol. The number of nitrogens with two attached hydrogens (primary N) is 1. The van der Waals surface area contributed by atoms with Gasteiger partial charge in [-0.25, -0.2) is 9.97 Å². The quantitative estimate of drug-likeness (QED) is 0.847. The molecule has 2 N–H and O–H groups in total. The van der Waals surface area contributed by atoms with Gasteiger partial charge in [-0.15, -0.1) is 0 Å². The highest BCUT2D eigenvalue weighted by Crippen LogP contribution is 2.44. The molecule has 7 heteroatoms. The van der Waals surface area contributed by atoms with E-state index in [9.17, 15) is 9.59 Å². The summed E-state index contributed by atoms with van der Waals surface area (Å²) < 4.78 is 5.12. The lowest BCUT2D eigenvalue weighted by molar-refractivity contribution is -0.139. The first-order valence-corrected chi connectivity index (χ1v) is 9.63. The van der Waals surface area contributed by atoms with Gasteiger partial charge in [-0.1, -0.05) is 30.3 Å². The topological polar surface area (TPSA) is 98.4 Å². The van der Waals surface area contributed by atoms with Crippen LogP contribution in [0.25, 0.3) is 11.4 Å². The molecule has 2 aliphatic rings. The standard InChI is InChI=1S/C21H24N4O3/c22-17(26)12-28-13-18(27)25-10-4-8-21(14-25)9-7-16-11-23-20(24-19(16)21)15-5-2-1-3-6-15/h1-3,5-6,11H,4,7-10,12-14H2,(H2,22,26). The van der Waals surface area contributed by atoms with Gasteiger partial charge < -0.3 is 15.4 Å². The van der Waals surface area contributed by atoms with Crippen LogP contribution in [0, 0.1) is 0 Å². The molecule has 7 nitrogen and oxygen atoms in total. The van der Waals surface area contributed by atoms with Gasteiger partial charge in [0.05, 0.1) is 5.69 Å². The third-order valence-corrected chi connectivity index (χ3v) is 5.67. The van der Waals surface area contributed by atoms with Gasteiger partial charge in [-0.05, 0) is 31.2 Å². The third kappa shape index (κ3) is 3.62. The highest BCUT2D eigenvalue weighted by Gasteiger charge is 2.44. The second kappa shape index (κ2) is 7.67. The molecule has 1 atom stereocenters. The van der Waals surface area contributed by atoms with E-state index in [1.165, 1.54) is 5.56 Å². The van der Waals surface area contributed by atoms with Crippen LogP contribution in [-0.2, 0) is 26.2 Å². The summed E-state index contributed by atoms with van der Waals surface area (Å²) in [6.07, 6.45) is 5.78. The first kappa shape index (κ1) is 18.6. The molecule has 28 heavy (non-hydrogen) atoms. The number of carbonyl (C=O) groups is 2. The Labute approximate surface area is 163 Å². The number of carbonyl (C=O) groups excluding carboxylic acids is 2. The van der Waals surface area contributed by atoms with Gasteiger partial charge in [0, 0.05) is 30.3 Å². The van der Waals surface area contributed by atoms with Crippen LogP contribution in [0.15, 0.2) is 36.5 Å². The summed E-state index contributed by atoms with van der Waals surface area (Å²) in [7, 11) is 0. The lowest BCUT2D eigenvalue weighted by Crippen LogP contribution is -2.49. The largest absolute Gasteiger partial charge is 0.368 e. The number of piperidine rings is 1. The Morgan fingerprint density at radius 2 is 2.00 bits per heavy atom. The van der Waals surface area contributed by atoms with Crippen LogP contribution in [0.1, 0.15) is 30.5 Å². The fourth-order valence-electron chi connectivity index (χ4n) is 4.34. The molecule has 1 saturated heterocycles. The fraction of sp³-hybridized carbons (Fsp3) is 0.429. The molecule has 146 valence electrons. The van der Waals surface area contributed by atoms with Crippen LogP contribution in [0.4, 0.5) is 0 Å². The number of hydrogen-bond donors (Lipinski definition) is 1. The van der Waals surface area contributed by atoms with Gasteiger partial charge in [0.2, 0.25) is 11.8 Å². The van der Waals surface area contributed by atoms with Gasteiger partial charge in [0.1, 0.15) is 13.2 Å². The average molecular weight is 380 g/mol. The number of nitrogens with zero attached hydrogens (tertiary/aromatic N) is 3. The van der Waals surface area contributed by atoms with Gasteiger partial charge in [0.15, 0.2) is 5.82 Å². The van der Waals surface area contributed by atoms with Crippen LogP contribution in [-0.4, -0.2) is 53.0 Å². The summed E-state index contributed by atoms with van der Waals surface area (Å²) in [5.74, 6) is 0.0535. The van der Waals surface area contributed by atoms with Crippen molar-refractivity contribution in [3.8, 4) is 11.4 Å². The van der Waals surface area contributed by atoms with Crippen molar-refractivity contribution < 1.29 is 14.3 Å². The second-order valence-electron chi connectivity index (χ2n) is 7.59. The molecule has 2 aromatic rings. The van der Waals surface area contributed by atoms with E-state index in [1.807, 2.05) is 41.4 Å². The van der Waals surface area contributed by atoms with E-state index < -0.39 is 5.91 Å². The average Bonchev–Trinajstić information content (AvgIpc) is 3.05. The van der Waals surface area contributed by atoms with E-state index in [1.54, 1.807) is 0 Å². The Hall–Kier alpha value is -2.80. The number of aryl methyl sites for hydroxylation is 1. The first-order valence-electron chi connectivity index (χ1n) is 9.63. The SMILES string of the molecule is NC(=O)COCC(=O)N1CCCC2(CCc3cnc(-c4ccccc4)nc32)C1. The summed E-state index contributed by atoms with van der Waals surface area (Å²) in [5.41, 5.74) is 8.19. The van der Waals surface area contributed by atoms with Crippen molar-refractivity contribution in [2.24, 2.45) is 5.73 Å². The Bertz CT molecular complexity index is 882. The molecule has 1 spiro atoms. The van der Waals surface area contributed by atoms with Crippen molar-refractivity contribution in [1.82, 2.24) is 14.9 Å². The number of hydrogen-bond acceptors (Lipinski definition) is 5. The number of rotatable bonds is 5. The Balaban J connectivity index is 1.55. The summed E-state index contributed by atoms with van der Waals surface area (Å²) >= 11 is 0. The molecule has 1 aliphatic carbocycles. The van der Waals surface area contributed by atoms with Gasteiger partial charge in [0.25, 0.3) is 0 Å². The number of likely N-dealkylation sites (tertiary alicyclic amines) is 1. The highest BCUT2D eigenvalue weighted by molar-refractivity contribution is 5.79. The van der Waals surface area contributed by atoms with Crippen molar-refractivity contribution in [2.75, 3.05) is 26.3 Å². The minimum atomic E-state index is -0.572. The van der Waals surface area contributed by atoms with Crippen LogP contribution < -0.4 is 5.73 Å². The number of benzene rings is 1. The van der Waals surface area contributed by atoms with Gasteiger partial charge in [-0.2, -0.15) is 0 Å². The molecular weight excluding hydrogens is 356 g/mol.